The number of hydrogen-bond donors (Lipinski definition) is 2. The van der Waals surface area contributed by atoms with Crippen LogP contribution in [0, 0.1) is 0 Å². The van der Waals surface area contributed by atoms with Crippen molar-refractivity contribution >= 4 is 16.0 Å². The third-order valence-electron chi connectivity index (χ3n) is 1.90. The standard InChI is InChI=1S/C8H18N2O4S/c1-6(9)4-5-10-15(12,13)7(2)8(11)14-3/h6-7,10H,4-5,9H2,1-3H3. The van der Waals surface area contributed by atoms with Crippen LogP contribution in [0.5, 0.6) is 0 Å². The second-order valence-electron chi connectivity index (χ2n) is 3.37. The van der Waals surface area contributed by atoms with Crippen molar-refractivity contribution in [1.82, 2.24) is 4.72 Å². The molecule has 0 amide bonds. The zero-order valence-electron chi connectivity index (χ0n) is 9.19. The van der Waals surface area contributed by atoms with E-state index in [-0.39, 0.29) is 12.6 Å². The van der Waals surface area contributed by atoms with Gasteiger partial charge < -0.3 is 10.5 Å². The first-order valence-corrected chi connectivity index (χ1v) is 6.17. The minimum Gasteiger partial charge on any atom is -0.468 e. The number of carbonyl (C=O) groups excluding carboxylic acids is 1. The smallest absolute Gasteiger partial charge is 0.325 e. The summed E-state index contributed by atoms with van der Waals surface area (Å²) in [4.78, 5) is 11.0. The summed E-state index contributed by atoms with van der Waals surface area (Å²) in [6, 6.07) is -0.0823. The Morgan fingerprint density at radius 3 is 2.40 bits per heavy atom. The van der Waals surface area contributed by atoms with Crippen LogP contribution in [0.15, 0.2) is 0 Å². The number of nitrogens with one attached hydrogen (secondary N) is 1. The SMILES string of the molecule is COC(=O)C(C)S(=O)(=O)NCCC(C)N. The summed E-state index contributed by atoms with van der Waals surface area (Å²) in [5.41, 5.74) is 5.46. The van der Waals surface area contributed by atoms with Gasteiger partial charge in [0.2, 0.25) is 10.0 Å². The molecule has 0 saturated heterocycles. The van der Waals surface area contributed by atoms with Crippen LogP contribution in [0.1, 0.15) is 20.3 Å². The van der Waals surface area contributed by atoms with Crippen LogP contribution in [0.2, 0.25) is 0 Å². The minimum absolute atomic E-state index is 0.0823. The van der Waals surface area contributed by atoms with Gasteiger partial charge in [0.25, 0.3) is 0 Å². The zero-order chi connectivity index (χ0) is 12.1. The first-order valence-electron chi connectivity index (χ1n) is 4.63. The first kappa shape index (κ1) is 14.3. The monoisotopic (exact) mass is 238 g/mol. The number of esters is 1. The van der Waals surface area contributed by atoms with Crippen molar-refractivity contribution in [1.29, 1.82) is 0 Å². The lowest BCUT2D eigenvalue weighted by molar-refractivity contribution is -0.139. The van der Waals surface area contributed by atoms with Crippen LogP contribution in [-0.2, 0) is 19.6 Å². The molecule has 7 heteroatoms. The van der Waals surface area contributed by atoms with Gasteiger partial charge in [-0.2, -0.15) is 0 Å². The molecule has 0 heterocycles. The number of nitrogens with two attached hydrogens (primary N) is 1. The normalized spacial score (nSPS) is 15.7. The quantitative estimate of drug-likeness (QED) is 0.591. The van der Waals surface area contributed by atoms with Gasteiger partial charge in [-0.15, -0.1) is 0 Å². The van der Waals surface area contributed by atoms with E-state index in [1.54, 1.807) is 6.92 Å². The van der Waals surface area contributed by atoms with E-state index < -0.39 is 21.2 Å². The van der Waals surface area contributed by atoms with Crippen molar-refractivity contribution in [3.05, 3.63) is 0 Å². The molecule has 0 rings (SSSR count). The molecule has 0 radical (unpaired) electrons. The lowest BCUT2D eigenvalue weighted by atomic mass is 10.3. The maximum absolute atomic E-state index is 11.5. The number of methoxy groups -OCH3 is 1. The summed E-state index contributed by atoms with van der Waals surface area (Å²) < 4.78 is 29.6. The largest absolute Gasteiger partial charge is 0.468 e. The molecule has 0 aromatic carbocycles. The number of hydrogen-bond acceptors (Lipinski definition) is 5. The van der Waals surface area contributed by atoms with Crippen LogP contribution in [0.4, 0.5) is 0 Å². The Morgan fingerprint density at radius 1 is 1.47 bits per heavy atom. The number of carbonyl (C=O) groups is 1. The van der Waals surface area contributed by atoms with Gasteiger partial charge in [-0.25, -0.2) is 13.1 Å². The van der Waals surface area contributed by atoms with Gasteiger partial charge in [-0.1, -0.05) is 0 Å². The van der Waals surface area contributed by atoms with Crippen LogP contribution < -0.4 is 10.5 Å². The van der Waals surface area contributed by atoms with Crippen molar-refractivity contribution in [3.8, 4) is 0 Å². The Balaban J connectivity index is 4.24. The van der Waals surface area contributed by atoms with E-state index in [1.165, 1.54) is 6.92 Å². The molecule has 0 aromatic rings. The Morgan fingerprint density at radius 2 is 2.00 bits per heavy atom. The van der Waals surface area contributed by atoms with Crippen LogP contribution in [-0.4, -0.2) is 39.3 Å². The third kappa shape index (κ3) is 5.10. The van der Waals surface area contributed by atoms with E-state index in [4.69, 9.17) is 5.73 Å². The van der Waals surface area contributed by atoms with Crippen molar-refractivity contribution in [2.75, 3.05) is 13.7 Å². The molecular formula is C8H18N2O4S. The highest BCUT2D eigenvalue weighted by Crippen LogP contribution is 2.00. The van der Waals surface area contributed by atoms with Gasteiger partial charge in [0.15, 0.2) is 5.25 Å². The molecule has 3 N–H and O–H groups in total. The summed E-state index contributed by atoms with van der Waals surface area (Å²) in [5.74, 6) is -0.775. The molecule has 6 nitrogen and oxygen atoms in total. The number of rotatable bonds is 6. The highest BCUT2D eigenvalue weighted by atomic mass is 32.2. The Labute approximate surface area is 90.2 Å². The molecule has 0 fully saturated rings. The van der Waals surface area contributed by atoms with Crippen molar-refractivity contribution < 1.29 is 17.9 Å². The first-order chi connectivity index (χ1) is 6.81. The van der Waals surface area contributed by atoms with Gasteiger partial charge in [0, 0.05) is 12.6 Å². The maximum atomic E-state index is 11.5. The van der Waals surface area contributed by atoms with E-state index >= 15 is 0 Å². The van der Waals surface area contributed by atoms with E-state index in [2.05, 4.69) is 9.46 Å². The summed E-state index contributed by atoms with van der Waals surface area (Å²) in [6.45, 7) is 3.28. The topological polar surface area (TPSA) is 98.5 Å². The molecule has 0 aliphatic heterocycles. The third-order valence-corrected chi connectivity index (χ3v) is 3.63. The number of ether oxygens (including phenoxy) is 1. The Bertz CT molecular complexity index is 300. The fourth-order valence-electron chi connectivity index (χ4n) is 0.846. The molecule has 0 saturated carbocycles. The summed E-state index contributed by atoms with van der Waals surface area (Å²) in [6.07, 6.45) is 0.521. The predicted octanol–water partition coefficient (Wildman–Crippen LogP) is -0.795. The average Bonchev–Trinajstić information content (AvgIpc) is 2.14. The highest BCUT2D eigenvalue weighted by molar-refractivity contribution is 7.90. The maximum Gasteiger partial charge on any atom is 0.325 e. The minimum atomic E-state index is -3.65. The summed E-state index contributed by atoms with van der Waals surface area (Å²) in [7, 11) is -2.50. The zero-order valence-corrected chi connectivity index (χ0v) is 10.0. The highest BCUT2D eigenvalue weighted by Gasteiger charge is 2.28. The fourth-order valence-corrected chi connectivity index (χ4v) is 1.85. The molecule has 90 valence electrons. The van der Waals surface area contributed by atoms with Gasteiger partial charge in [0.1, 0.15) is 0 Å². The average molecular weight is 238 g/mol. The second kappa shape index (κ2) is 6.04. The summed E-state index contributed by atoms with van der Waals surface area (Å²) >= 11 is 0. The molecule has 2 atom stereocenters. The fraction of sp³-hybridized carbons (Fsp3) is 0.875. The molecule has 15 heavy (non-hydrogen) atoms. The van der Waals surface area contributed by atoms with E-state index in [0.29, 0.717) is 6.42 Å². The lowest BCUT2D eigenvalue weighted by Crippen LogP contribution is -2.39. The molecular weight excluding hydrogens is 220 g/mol. The molecule has 0 aliphatic carbocycles. The van der Waals surface area contributed by atoms with Crippen molar-refractivity contribution in [2.45, 2.75) is 31.6 Å². The van der Waals surface area contributed by atoms with Crippen LogP contribution in [0.25, 0.3) is 0 Å². The van der Waals surface area contributed by atoms with Crippen LogP contribution in [0.3, 0.4) is 0 Å². The molecule has 0 aliphatic rings. The van der Waals surface area contributed by atoms with E-state index in [0.717, 1.165) is 7.11 Å². The summed E-state index contributed by atoms with van der Waals surface area (Å²) in [5, 5.41) is -1.20. The predicted molar refractivity (Wildman–Crippen MR) is 56.7 cm³/mol. The molecule has 0 spiro atoms. The van der Waals surface area contributed by atoms with E-state index in [9.17, 15) is 13.2 Å². The van der Waals surface area contributed by atoms with Crippen LogP contribution >= 0.6 is 0 Å². The number of sulfonamides is 1. The Kier molecular flexibility index (Phi) is 5.77. The van der Waals surface area contributed by atoms with E-state index in [1.807, 2.05) is 0 Å². The lowest BCUT2D eigenvalue weighted by Gasteiger charge is -2.12. The van der Waals surface area contributed by atoms with Crippen molar-refractivity contribution in [3.63, 3.8) is 0 Å². The van der Waals surface area contributed by atoms with Gasteiger partial charge in [-0.3, -0.25) is 4.79 Å². The van der Waals surface area contributed by atoms with Crippen molar-refractivity contribution in [2.24, 2.45) is 5.73 Å². The van der Waals surface area contributed by atoms with Gasteiger partial charge in [-0.05, 0) is 20.3 Å². The molecule has 0 aromatic heterocycles. The molecule has 2 unspecified atom stereocenters. The van der Waals surface area contributed by atoms with Gasteiger partial charge >= 0.3 is 5.97 Å². The van der Waals surface area contributed by atoms with Gasteiger partial charge in [0.05, 0.1) is 7.11 Å². The Hall–Kier alpha value is -0.660. The second-order valence-corrected chi connectivity index (χ2v) is 5.46. The molecule has 0 bridgehead atoms.